The molecule has 0 bridgehead atoms. The van der Waals surface area contributed by atoms with Crippen LogP contribution < -0.4 is 14.5 Å². The zero-order chi connectivity index (χ0) is 30.8. The number of H-pyrrole nitrogens is 2. The Bertz CT molecular complexity index is 1630. The lowest BCUT2D eigenvalue weighted by molar-refractivity contribution is 0.188. The van der Waals surface area contributed by atoms with E-state index in [1.54, 1.807) is 0 Å². The van der Waals surface area contributed by atoms with E-state index < -0.39 is 0 Å². The van der Waals surface area contributed by atoms with Gasteiger partial charge in [-0.15, -0.1) is 0 Å². The number of piperazine rings is 2. The average molecular weight is 611 g/mol. The van der Waals surface area contributed by atoms with Gasteiger partial charge in [-0.3, -0.25) is 9.80 Å². The molecule has 11 heteroatoms. The van der Waals surface area contributed by atoms with Gasteiger partial charge < -0.3 is 34.7 Å². The smallest absolute Gasteiger partial charge is 0.138 e. The molecule has 11 nitrogen and oxygen atoms in total. The fourth-order valence-electron chi connectivity index (χ4n) is 6.53. The van der Waals surface area contributed by atoms with E-state index in [1.807, 2.05) is 19.1 Å². The summed E-state index contributed by atoms with van der Waals surface area (Å²) in [6.45, 7) is 12.0. The van der Waals surface area contributed by atoms with Crippen molar-refractivity contribution in [2.45, 2.75) is 6.92 Å². The molecule has 4 heterocycles. The van der Waals surface area contributed by atoms with Crippen LogP contribution in [-0.2, 0) is 0 Å². The van der Waals surface area contributed by atoms with Gasteiger partial charge in [-0.25, -0.2) is 9.97 Å². The minimum atomic E-state index is 0.206. The average Bonchev–Trinajstić information content (AvgIpc) is 3.70. The van der Waals surface area contributed by atoms with Gasteiger partial charge in [0.05, 0.1) is 41.9 Å². The molecule has 45 heavy (non-hydrogen) atoms. The number of ether oxygens (including phenoxy) is 1. The Balaban J connectivity index is 1.15. The van der Waals surface area contributed by atoms with Crippen LogP contribution >= 0.6 is 0 Å². The Morgan fingerprint density at radius 3 is 1.53 bits per heavy atom. The summed E-state index contributed by atoms with van der Waals surface area (Å²) in [6, 6.07) is 19.0. The number of aliphatic hydroxyl groups excluding tert-OH is 2. The van der Waals surface area contributed by atoms with Gasteiger partial charge in [0.25, 0.3) is 0 Å². The molecule has 0 atom stereocenters. The number of aromatic amines is 2. The largest absolute Gasteiger partial charge is 0.494 e. The van der Waals surface area contributed by atoms with Crippen LogP contribution in [-0.4, -0.2) is 125 Å². The lowest BCUT2D eigenvalue weighted by atomic mass is 10.1. The summed E-state index contributed by atoms with van der Waals surface area (Å²) in [4.78, 5) is 26.4. The highest BCUT2D eigenvalue weighted by atomic mass is 16.5. The molecule has 236 valence electrons. The maximum Gasteiger partial charge on any atom is 0.138 e. The van der Waals surface area contributed by atoms with Crippen molar-refractivity contribution in [1.82, 2.24) is 29.7 Å². The minimum absolute atomic E-state index is 0.206. The summed E-state index contributed by atoms with van der Waals surface area (Å²) in [5.74, 6) is 2.35. The molecule has 0 amide bonds. The third kappa shape index (κ3) is 6.34. The second-order valence-electron chi connectivity index (χ2n) is 11.9. The lowest BCUT2D eigenvalue weighted by Crippen LogP contribution is -2.47. The van der Waals surface area contributed by atoms with Gasteiger partial charge in [0.2, 0.25) is 0 Å². The molecule has 2 aliphatic rings. The summed E-state index contributed by atoms with van der Waals surface area (Å²) < 4.78 is 5.99. The standard InChI is InChI=1S/C34H42N8O3/c1-2-45-28-20-24(33-35-29-5-3-26(22-31(29)37-33)41-11-7-39(8-12-41)15-17-43)19-25(21-28)34-36-30-6-4-27(23-32(30)38-34)42-13-9-40(10-14-42)16-18-44/h3-6,19-23,43-44H,2,7-18H2,1H3,(H,35,37)(H,36,38). The monoisotopic (exact) mass is 610 g/mol. The quantitative estimate of drug-likeness (QED) is 0.189. The minimum Gasteiger partial charge on any atom is -0.494 e. The first kappa shape index (κ1) is 29.5. The van der Waals surface area contributed by atoms with Crippen molar-refractivity contribution >= 4 is 33.4 Å². The third-order valence-electron chi connectivity index (χ3n) is 9.00. The van der Waals surface area contributed by atoms with Crippen LogP contribution in [0.1, 0.15) is 6.92 Å². The van der Waals surface area contributed by atoms with E-state index >= 15 is 0 Å². The molecular weight excluding hydrogens is 568 g/mol. The fraction of sp³-hybridized carbons (Fsp3) is 0.412. The van der Waals surface area contributed by atoms with Crippen molar-refractivity contribution in [1.29, 1.82) is 0 Å². The van der Waals surface area contributed by atoms with Crippen LogP contribution in [0.5, 0.6) is 5.75 Å². The number of imidazole rings is 2. The molecule has 0 spiro atoms. The van der Waals surface area contributed by atoms with E-state index in [4.69, 9.17) is 14.7 Å². The number of aliphatic hydroxyl groups is 2. The number of benzene rings is 3. The molecule has 2 aliphatic heterocycles. The van der Waals surface area contributed by atoms with Crippen LogP contribution in [0.25, 0.3) is 44.8 Å². The van der Waals surface area contributed by atoms with Gasteiger partial charge >= 0.3 is 0 Å². The molecule has 0 unspecified atom stereocenters. The van der Waals surface area contributed by atoms with Gasteiger partial charge in [0.15, 0.2) is 0 Å². The van der Waals surface area contributed by atoms with Crippen molar-refractivity contribution in [3.63, 3.8) is 0 Å². The number of nitrogens with zero attached hydrogens (tertiary/aromatic N) is 6. The zero-order valence-electron chi connectivity index (χ0n) is 25.9. The van der Waals surface area contributed by atoms with Crippen molar-refractivity contribution < 1.29 is 14.9 Å². The lowest BCUT2D eigenvalue weighted by Gasteiger charge is -2.35. The molecule has 2 aromatic heterocycles. The number of rotatable bonds is 10. The Kier molecular flexibility index (Phi) is 8.57. The predicted molar refractivity (Wildman–Crippen MR) is 179 cm³/mol. The molecule has 3 aromatic carbocycles. The number of nitrogens with one attached hydrogen (secondary N) is 2. The second-order valence-corrected chi connectivity index (χ2v) is 11.9. The van der Waals surface area contributed by atoms with E-state index in [9.17, 15) is 10.2 Å². The van der Waals surface area contributed by atoms with Crippen molar-refractivity contribution in [3.05, 3.63) is 54.6 Å². The van der Waals surface area contributed by atoms with Gasteiger partial charge in [0, 0.05) is 87.9 Å². The van der Waals surface area contributed by atoms with E-state index in [2.05, 4.69) is 72.0 Å². The third-order valence-corrected chi connectivity index (χ3v) is 9.00. The first-order valence-corrected chi connectivity index (χ1v) is 16.0. The molecule has 4 N–H and O–H groups in total. The maximum atomic E-state index is 9.27. The second kappa shape index (κ2) is 13.1. The van der Waals surface area contributed by atoms with Gasteiger partial charge in [-0.05, 0) is 61.5 Å². The SMILES string of the molecule is CCOc1cc(-c2nc3ccc(N4CCN(CCO)CC4)cc3[nH]2)cc(-c2nc3ccc(N4CCN(CCO)CC4)cc3[nH]2)c1. The Hall–Kier alpha value is -4.16. The summed E-state index contributed by atoms with van der Waals surface area (Å²) >= 11 is 0. The fourth-order valence-corrected chi connectivity index (χ4v) is 6.53. The summed E-state index contributed by atoms with van der Waals surface area (Å²) in [6.07, 6.45) is 0. The van der Waals surface area contributed by atoms with Gasteiger partial charge in [0.1, 0.15) is 17.4 Å². The van der Waals surface area contributed by atoms with Crippen molar-refractivity contribution in [3.8, 4) is 28.5 Å². The summed E-state index contributed by atoms with van der Waals surface area (Å²) in [5.41, 5.74) is 8.07. The molecule has 0 saturated carbocycles. The van der Waals surface area contributed by atoms with E-state index in [1.165, 1.54) is 11.4 Å². The molecule has 0 aliphatic carbocycles. The molecule has 0 radical (unpaired) electrons. The highest BCUT2D eigenvalue weighted by Gasteiger charge is 2.20. The van der Waals surface area contributed by atoms with E-state index in [0.29, 0.717) is 6.61 Å². The summed E-state index contributed by atoms with van der Waals surface area (Å²) in [7, 11) is 0. The van der Waals surface area contributed by atoms with Gasteiger partial charge in [-0.2, -0.15) is 0 Å². The van der Waals surface area contributed by atoms with Crippen LogP contribution in [0.4, 0.5) is 11.4 Å². The number of fused-ring (bicyclic) bond motifs is 2. The molecule has 7 rings (SSSR count). The maximum absolute atomic E-state index is 9.27. The van der Waals surface area contributed by atoms with Crippen molar-refractivity contribution in [2.75, 3.05) is 95.1 Å². The highest BCUT2D eigenvalue weighted by molar-refractivity contribution is 5.86. The number of aromatic nitrogens is 4. The topological polar surface area (TPSA) is 120 Å². The summed E-state index contributed by atoms with van der Waals surface area (Å²) in [5, 5.41) is 18.5. The van der Waals surface area contributed by atoms with Gasteiger partial charge in [-0.1, -0.05) is 0 Å². The van der Waals surface area contributed by atoms with Crippen LogP contribution in [0, 0.1) is 0 Å². The van der Waals surface area contributed by atoms with Crippen molar-refractivity contribution in [2.24, 2.45) is 0 Å². The Labute approximate surface area is 263 Å². The first-order valence-electron chi connectivity index (χ1n) is 16.0. The molecular formula is C34H42N8O3. The molecule has 5 aromatic rings. The van der Waals surface area contributed by atoms with Crippen LogP contribution in [0.3, 0.4) is 0 Å². The normalized spacial score (nSPS) is 16.7. The number of anilines is 2. The first-order chi connectivity index (χ1) is 22.1. The zero-order valence-corrected chi connectivity index (χ0v) is 25.9. The van der Waals surface area contributed by atoms with Crippen LogP contribution in [0.2, 0.25) is 0 Å². The number of hydrogen-bond acceptors (Lipinski definition) is 9. The van der Waals surface area contributed by atoms with Crippen LogP contribution in [0.15, 0.2) is 54.6 Å². The van der Waals surface area contributed by atoms with E-state index in [0.717, 1.165) is 116 Å². The van der Waals surface area contributed by atoms with E-state index in [-0.39, 0.29) is 13.2 Å². The highest BCUT2D eigenvalue weighted by Crippen LogP contribution is 2.33. The number of β-amino-alcohol motifs (C(OH)–C–C–N with tert-alkyl or cyclic N) is 2. The predicted octanol–water partition coefficient (Wildman–Crippen LogP) is 3.40. The molecule has 2 fully saturated rings. The number of hydrogen-bond donors (Lipinski definition) is 4. The Morgan fingerprint density at radius 1 is 0.644 bits per heavy atom. The Morgan fingerprint density at radius 2 is 1.11 bits per heavy atom. The molecule has 2 saturated heterocycles.